The third-order valence-electron chi connectivity index (χ3n) is 3.03. The van der Waals surface area contributed by atoms with Crippen LogP contribution < -0.4 is 0 Å². The molecule has 18 heavy (non-hydrogen) atoms. The summed E-state index contributed by atoms with van der Waals surface area (Å²) in [5.41, 5.74) is 1.12. The van der Waals surface area contributed by atoms with Gasteiger partial charge in [0.2, 0.25) is 0 Å². The van der Waals surface area contributed by atoms with Crippen LogP contribution in [0, 0.1) is 13.8 Å². The third kappa shape index (κ3) is 3.99. The van der Waals surface area contributed by atoms with Gasteiger partial charge < -0.3 is 0 Å². The summed E-state index contributed by atoms with van der Waals surface area (Å²) >= 11 is 0. The van der Waals surface area contributed by atoms with Gasteiger partial charge in [-0.15, -0.1) is 0 Å². The largest absolute Gasteiger partial charge is 0.268 e. The first-order chi connectivity index (χ1) is 8.38. The van der Waals surface area contributed by atoms with Crippen LogP contribution in [0.25, 0.3) is 0 Å². The molecule has 104 valence electrons. The Bertz CT molecular complexity index is 494. The second kappa shape index (κ2) is 6.57. The van der Waals surface area contributed by atoms with Gasteiger partial charge in [-0.1, -0.05) is 32.6 Å². The van der Waals surface area contributed by atoms with Crippen molar-refractivity contribution in [2.45, 2.75) is 64.3 Å². The molecule has 4 nitrogen and oxygen atoms in total. The molecule has 0 N–H and O–H groups in total. The second-order valence-electron chi connectivity index (χ2n) is 4.58. The highest BCUT2D eigenvalue weighted by molar-refractivity contribution is 8.13. The highest BCUT2D eigenvalue weighted by Gasteiger charge is 2.21. The van der Waals surface area contributed by atoms with Crippen LogP contribution in [0.5, 0.6) is 0 Å². The van der Waals surface area contributed by atoms with Crippen molar-refractivity contribution in [1.29, 1.82) is 0 Å². The smallest absolute Gasteiger partial charge is 0.264 e. The zero-order chi connectivity index (χ0) is 13.8. The van der Waals surface area contributed by atoms with E-state index in [0.29, 0.717) is 11.4 Å². The minimum absolute atomic E-state index is 0.165. The van der Waals surface area contributed by atoms with Gasteiger partial charge in [0.05, 0.1) is 11.4 Å². The van der Waals surface area contributed by atoms with E-state index in [2.05, 4.69) is 12.0 Å². The van der Waals surface area contributed by atoms with E-state index in [-0.39, 0.29) is 4.90 Å². The summed E-state index contributed by atoms with van der Waals surface area (Å²) in [6.45, 7) is 6.36. The summed E-state index contributed by atoms with van der Waals surface area (Å²) in [6.07, 6.45) is 5.85. The Hall–Kier alpha value is -0.550. The molecule has 0 aliphatic rings. The molecule has 0 bridgehead atoms. The number of nitrogens with zero attached hydrogens (tertiary/aromatic N) is 2. The predicted octanol–water partition coefficient (Wildman–Crippen LogP) is 3.40. The Morgan fingerprint density at radius 3 is 2.28 bits per heavy atom. The quantitative estimate of drug-likeness (QED) is 0.572. The number of aromatic nitrogens is 2. The highest BCUT2D eigenvalue weighted by Crippen LogP contribution is 2.23. The number of hydrogen-bond donors (Lipinski definition) is 0. The Labute approximate surface area is 114 Å². The fraction of sp³-hybridized carbons (Fsp3) is 0.750. The van der Waals surface area contributed by atoms with Crippen LogP contribution in [-0.2, 0) is 15.6 Å². The van der Waals surface area contributed by atoms with Crippen LogP contribution in [0.2, 0.25) is 0 Å². The summed E-state index contributed by atoms with van der Waals surface area (Å²) in [6, 6.07) is 0. The van der Waals surface area contributed by atoms with Gasteiger partial charge in [0.1, 0.15) is 4.90 Å². The molecular formula is C12H21ClN2O2S. The van der Waals surface area contributed by atoms with Gasteiger partial charge in [-0.05, 0) is 20.3 Å². The molecule has 1 aromatic rings. The van der Waals surface area contributed by atoms with Gasteiger partial charge in [-0.25, -0.2) is 8.42 Å². The summed E-state index contributed by atoms with van der Waals surface area (Å²) in [5, 5.41) is 4.25. The Morgan fingerprint density at radius 1 is 1.17 bits per heavy atom. The maximum atomic E-state index is 11.4. The van der Waals surface area contributed by atoms with Crippen molar-refractivity contribution in [3.05, 3.63) is 11.4 Å². The van der Waals surface area contributed by atoms with E-state index in [1.54, 1.807) is 18.5 Å². The summed E-state index contributed by atoms with van der Waals surface area (Å²) in [7, 11) is 1.71. The Kier molecular flexibility index (Phi) is 5.66. The standard InChI is InChI=1S/C12H21ClN2O2S/c1-4-5-6-7-8-9-15-11(3)12(10(2)14-15)18(13,16)17/h4-9H2,1-3H3. The SMILES string of the molecule is CCCCCCCn1nc(C)c(S(=O)(=O)Cl)c1C. The lowest BCUT2D eigenvalue weighted by atomic mass is 10.1. The average molecular weight is 293 g/mol. The highest BCUT2D eigenvalue weighted by atomic mass is 35.7. The van der Waals surface area contributed by atoms with Gasteiger partial charge in [0.15, 0.2) is 0 Å². The first-order valence-corrected chi connectivity index (χ1v) is 8.67. The van der Waals surface area contributed by atoms with Crippen LogP contribution >= 0.6 is 10.7 Å². The minimum atomic E-state index is -3.69. The Morgan fingerprint density at radius 2 is 1.78 bits per heavy atom. The van der Waals surface area contributed by atoms with Crippen molar-refractivity contribution in [3.8, 4) is 0 Å². The molecular weight excluding hydrogens is 272 g/mol. The van der Waals surface area contributed by atoms with Crippen LogP contribution in [0.1, 0.15) is 50.4 Å². The lowest BCUT2D eigenvalue weighted by Crippen LogP contribution is -2.03. The molecule has 0 radical (unpaired) electrons. The Balaban J connectivity index is 2.69. The topological polar surface area (TPSA) is 52.0 Å². The predicted molar refractivity (Wildman–Crippen MR) is 73.5 cm³/mol. The molecule has 0 aliphatic heterocycles. The van der Waals surface area contributed by atoms with Crippen molar-refractivity contribution in [3.63, 3.8) is 0 Å². The zero-order valence-electron chi connectivity index (χ0n) is 11.2. The van der Waals surface area contributed by atoms with E-state index < -0.39 is 9.05 Å². The van der Waals surface area contributed by atoms with E-state index >= 15 is 0 Å². The fourth-order valence-corrected chi connectivity index (χ4v) is 3.64. The van der Waals surface area contributed by atoms with E-state index in [1.165, 1.54) is 19.3 Å². The monoisotopic (exact) mass is 292 g/mol. The number of hydrogen-bond acceptors (Lipinski definition) is 3. The number of halogens is 1. The number of rotatable bonds is 7. The molecule has 1 aromatic heterocycles. The molecule has 0 fully saturated rings. The van der Waals surface area contributed by atoms with Crippen molar-refractivity contribution >= 4 is 19.7 Å². The van der Waals surface area contributed by atoms with Crippen molar-refractivity contribution in [2.24, 2.45) is 0 Å². The summed E-state index contributed by atoms with van der Waals surface area (Å²) in [4.78, 5) is 0.165. The second-order valence-corrected chi connectivity index (χ2v) is 7.08. The minimum Gasteiger partial charge on any atom is -0.268 e. The van der Waals surface area contributed by atoms with Crippen molar-refractivity contribution < 1.29 is 8.42 Å². The maximum absolute atomic E-state index is 11.4. The van der Waals surface area contributed by atoms with Crippen LogP contribution in [-0.4, -0.2) is 18.2 Å². The average Bonchev–Trinajstić information content (AvgIpc) is 2.53. The maximum Gasteiger partial charge on any atom is 0.264 e. The molecule has 1 heterocycles. The third-order valence-corrected chi connectivity index (χ3v) is 4.57. The summed E-state index contributed by atoms with van der Waals surface area (Å²) < 4.78 is 24.6. The van der Waals surface area contributed by atoms with E-state index in [9.17, 15) is 8.42 Å². The molecule has 0 spiro atoms. The molecule has 0 aromatic carbocycles. The van der Waals surface area contributed by atoms with Gasteiger partial charge >= 0.3 is 0 Å². The molecule has 0 saturated carbocycles. The number of unbranched alkanes of at least 4 members (excludes halogenated alkanes) is 4. The van der Waals surface area contributed by atoms with Crippen LogP contribution in [0.15, 0.2) is 4.90 Å². The molecule has 1 rings (SSSR count). The zero-order valence-corrected chi connectivity index (χ0v) is 12.8. The van der Waals surface area contributed by atoms with Crippen LogP contribution in [0.3, 0.4) is 0 Å². The molecule has 0 amide bonds. The van der Waals surface area contributed by atoms with E-state index in [0.717, 1.165) is 19.4 Å². The number of aryl methyl sites for hydroxylation is 2. The molecule has 0 unspecified atom stereocenters. The van der Waals surface area contributed by atoms with Crippen LogP contribution in [0.4, 0.5) is 0 Å². The van der Waals surface area contributed by atoms with Gasteiger partial charge in [0, 0.05) is 17.2 Å². The molecule has 0 aliphatic carbocycles. The molecule has 0 saturated heterocycles. The summed E-state index contributed by atoms with van der Waals surface area (Å²) in [5.74, 6) is 0. The van der Waals surface area contributed by atoms with E-state index in [1.807, 2.05) is 0 Å². The fourth-order valence-electron chi connectivity index (χ4n) is 2.12. The van der Waals surface area contributed by atoms with E-state index in [4.69, 9.17) is 10.7 Å². The lowest BCUT2D eigenvalue weighted by molar-refractivity contribution is 0.521. The first kappa shape index (κ1) is 15.5. The van der Waals surface area contributed by atoms with Gasteiger partial charge in [-0.3, -0.25) is 4.68 Å². The van der Waals surface area contributed by atoms with Crippen molar-refractivity contribution in [2.75, 3.05) is 0 Å². The molecule has 0 atom stereocenters. The normalized spacial score (nSPS) is 12.0. The van der Waals surface area contributed by atoms with Gasteiger partial charge in [-0.2, -0.15) is 5.10 Å². The van der Waals surface area contributed by atoms with Crippen molar-refractivity contribution in [1.82, 2.24) is 9.78 Å². The lowest BCUT2D eigenvalue weighted by Gasteiger charge is -2.04. The van der Waals surface area contributed by atoms with Gasteiger partial charge in [0.25, 0.3) is 9.05 Å². The molecule has 6 heteroatoms. The first-order valence-electron chi connectivity index (χ1n) is 6.36.